The predicted octanol–water partition coefficient (Wildman–Crippen LogP) is 4.82. The summed E-state index contributed by atoms with van der Waals surface area (Å²) < 4.78 is 0. The summed E-state index contributed by atoms with van der Waals surface area (Å²) in [4.78, 5) is 28.1. The normalized spacial score (nSPS) is 15.5. The molecule has 0 unspecified atom stereocenters. The number of amides is 2. The third-order valence-electron chi connectivity index (χ3n) is 6.17. The van der Waals surface area contributed by atoms with Crippen LogP contribution in [0.1, 0.15) is 51.1 Å². The van der Waals surface area contributed by atoms with Crippen LogP contribution < -0.4 is 5.32 Å². The first-order valence-electron chi connectivity index (χ1n) is 10.5. The number of carbonyl (C=O) groups is 2. The van der Waals surface area contributed by atoms with Gasteiger partial charge in [-0.15, -0.1) is 0 Å². The van der Waals surface area contributed by atoms with Crippen molar-refractivity contribution in [3.63, 3.8) is 0 Å². The Balaban J connectivity index is 1.47. The van der Waals surface area contributed by atoms with Crippen molar-refractivity contribution in [3.05, 3.63) is 76.9 Å². The smallest absolute Gasteiger partial charge is 0.256 e. The van der Waals surface area contributed by atoms with Crippen LogP contribution in [0.15, 0.2) is 54.6 Å². The number of hydrogen-bond acceptors (Lipinski definition) is 2. The van der Waals surface area contributed by atoms with E-state index in [0.717, 1.165) is 44.2 Å². The van der Waals surface area contributed by atoms with E-state index in [4.69, 9.17) is 0 Å². The number of anilines is 1. The van der Waals surface area contributed by atoms with Gasteiger partial charge in [-0.05, 0) is 72.2 Å². The van der Waals surface area contributed by atoms with Crippen molar-refractivity contribution >= 4 is 28.3 Å². The Labute approximate surface area is 170 Å². The van der Waals surface area contributed by atoms with Crippen LogP contribution in [0.4, 0.5) is 5.69 Å². The van der Waals surface area contributed by atoms with Crippen LogP contribution >= 0.6 is 0 Å². The molecule has 1 heterocycles. The van der Waals surface area contributed by atoms with Crippen LogP contribution in [0, 0.1) is 0 Å². The standard InChI is InChI=1S/C25H24N2O2/c28-24(20-14-13-18-12-11-17-7-6-9-19(20)23(17)18)26-22-10-3-2-8-21(22)25(29)27-15-4-1-5-16-27/h2-3,6-10,13-14H,1,4-5,11-12,15-16H2,(H,26,28). The van der Waals surface area contributed by atoms with Gasteiger partial charge < -0.3 is 10.2 Å². The summed E-state index contributed by atoms with van der Waals surface area (Å²) in [7, 11) is 0. The minimum absolute atomic E-state index is 0.000934. The average molecular weight is 384 g/mol. The van der Waals surface area contributed by atoms with Gasteiger partial charge in [-0.2, -0.15) is 0 Å². The number of benzene rings is 3. The van der Waals surface area contributed by atoms with Gasteiger partial charge in [0.05, 0.1) is 11.3 Å². The molecule has 3 aromatic carbocycles. The summed E-state index contributed by atoms with van der Waals surface area (Å²) in [6.45, 7) is 1.58. The topological polar surface area (TPSA) is 49.4 Å². The van der Waals surface area contributed by atoms with Crippen molar-refractivity contribution in [3.8, 4) is 0 Å². The summed E-state index contributed by atoms with van der Waals surface area (Å²) in [5.74, 6) is -0.166. The molecule has 0 atom stereocenters. The van der Waals surface area contributed by atoms with Gasteiger partial charge in [0.2, 0.25) is 0 Å². The van der Waals surface area contributed by atoms with Gasteiger partial charge in [-0.3, -0.25) is 9.59 Å². The number of hydrogen-bond donors (Lipinski definition) is 1. The zero-order chi connectivity index (χ0) is 19.8. The molecule has 5 rings (SSSR count). The van der Waals surface area contributed by atoms with Gasteiger partial charge >= 0.3 is 0 Å². The maximum Gasteiger partial charge on any atom is 0.256 e. The highest BCUT2D eigenvalue weighted by molar-refractivity contribution is 6.15. The second-order valence-electron chi connectivity index (χ2n) is 7.96. The molecule has 1 aliphatic heterocycles. The Morgan fingerprint density at radius 3 is 2.34 bits per heavy atom. The van der Waals surface area contributed by atoms with E-state index < -0.39 is 0 Å². The first-order chi connectivity index (χ1) is 14.2. The van der Waals surface area contributed by atoms with Gasteiger partial charge in [0.15, 0.2) is 0 Å². The minimum Gasteiger partial charge on any atom is -0.339 e. The van der Waals surface area contributed by atoms with E-state index in [1.54, 1.807) is 6.07 Å². The van der Waals surface area contributed by atoms with Crippen LogP contribution in [0.2, 0.25) is 0 Å². The maximum absolute atomic E-state index is 13.2. The highest BCUT2D eigenvalue weighted by atomic mass is 16.2. The van der Waals surface area contributed by atoms with E-state index in [1.807, 2.05) is 41.3 Å². The largest absolute Gasteiger partial charge is 0.339 e. The van der Waals surface area contributed by atoms with Crippen molar-refractivity contribution < 1.29 is 9.59 Å². The second kappa shape index (κ2) is 7.36. The summed E-state index contributed by atoms with van der Waals surface area (Å²) in [5.41, 5.74) is 4.43. The third kappa shape index (κ3) is 3.19. The van der Waals surface area contributed by atoms with Crippen molar-refractivity contribution in [2.45, 2.75) is 32.1 Å². The van der Waals surface area contributed by atoms with E-state index >= 15 is 0 Å². The molecule has 0 aromatic heterocycles. The lowest BCUT2D eigenvalue weighted by molar-refractivity contribution is 0.0725. The molecule has 4 heteroatoms. The zero-order valence-corrected chi connectivity index (χ0v) is 16.4. The number of likely N-dealkylation sites (tertiary alicyclic amines) is 1. The first kappa shape index (κ1) is 17.9. The van der Waals surface area contributed by atoms with Gasteiger partial charge in [0.25, 0.3) is 11.8 Å². The van der Waals surface area contributed by atoms with Crippen molar-refractivity contribution in [1.29, 1.82) is 0 Å². The fraction of sp³-hybridized carbons (Fsp3) is 0.280. The van der Waals surface area contributed by atoms with Crippen molar-refractivity contribution in [2.24, 2.45) is 0 Å². The van der Waals surface area contributed by atoms with Crippen molar-refractivity contribution in [2.75, 3.05) is 18.4 Å². The fourth-order valence-electron chi connectivity index (χ4n) is 4.68. The molecule has 3 aromatic rings. The van der Waals surface area contributed by atoms with Crippen LogP contribution in [0.25, 0.3) is 10.8 Å². The maximum atomic E-state index is 13.2. The average Bonchev–Trinajstić information content (AvgIpc) is 3.19. The monoisotopic (exact) mass is 384 g/mol. The lowest BCUT2D eigenvalue weighted by atomic mass is 9.99. The molecular formula is C25H24N2O2. The lowest BCUT2D eigenvalue weighted by Crippen LogP contribution is -2.36. The van der Waals surface area contributed by atoms with E-state index in [2.05, 4.69) is 17.4 Å². The molecule has 0 radical (unpaired) electrons. The van der Waals surface area contributed by atoms with Crippen LogP contribution in [-0.4, -0.2) is 29.8 Å². The summed E-state index contributed by atoms with van der Waals surface area (Å²) in [5, 5.41) is 5.23. The molecule has 1 aliphatic carbocycles. The number of rotatable bonds is 3. The van der Waals surface area contributed by atoms with E-state index in [-0.39, 0.29) is 11.8 Å². The van der Waals surface area contributed by atoms with E-state index in [9.17, 15) is 9.59 Å². The highest BCUT2D eigenvalue weighted by Crippen LogP contribution is 2.33. The summed E-state index contributed by atoms with van der Waals surface area (Å²) in [6, 6.07) is 17.5. The minimum atomic E-state index is -0.167. The van der Waals surface area contributed by atoms with Gasteiger partial charge in [-0.25, -0.2) is 0 Å². The predicted molar refractivity (Wildman–Crippen MR) is 116 cm³/mol. The molecule has 2 amide bonds. The van der Waals surface area contributed by atoms with Gasteiger partial charge in [0, 0.05) is 18.7 Å². The lowest BCUT2D eigenvalue weighted by Gasteiger charge is -2.27. The Kier molecular flexibility index (Phi) is 4.55. The fourth-order valence-corrected chi connectivity index (χ4v) is 4.68. The first-order valence-corrected chi connectivity index (χ1v) is 10.5. The van der Waals surface area contributed by atoms with Crippen LogP contribution in [0.3, 0.4) is 0 Å². The quantitative estimate of drug-likeness (QED) is 0.704. The molecule has 1 fully saturated rings. The molecule has 4 nitrogen and oxygen atoms in total. The molecule has 0 saturated carbocycles. The molecule has 1 N–H and O–H groups in total. The number of piperidine rings is 1. The third-order valence-corrected chi connectivity index (χ3v) is 6.17. The molecule has 29 heavy (non-hydrogen) atoms. The van der Waals surface area contributed by atoms with E-state index in [1.165, 1.54) is 22.9 Å². The molecule has 2 aliphatic rings. The number of nitrogens with zero attached hydrogens (tertiary/aromatic N) is 1. The SMILES string of the molecule is O=C(Nc1ccccc1C(=O)N1CCCCC1)c1ccc2c3c(cccc13)CC2. The van der Waals surface area contributed by atoms with E-state index in [0.29, 0.717) is 16.8 Å². The Morgan fingerprint density at radius 2 is 1.52 bits per heavy atom. The second-order valence-corrected chi connectivity index (χ2v) is 7.96. The molecule has 146 valence electrons. The molecule has 1 saturated heterocycles. The number of aryl methyl sites for hydroxylation is 2. The van der Waals surface area contributed by atoms with Crippen LogP contribution in [-0.2, 0) is 12.8 Å². The van der Waals surface area contributed by atoms with Crippen molar-refractivity contribution in [1.82, 2.24) is 4.90 Å². The summed E-state index contributed by atoms with van der Waals surface area (Å²) >= 11 is 0. The molecule has 0 bridgehead atoms. The highest BCUT2D eigenvalue weighted by Gasteiger charge is 2.23. The zero-order valence-electron chi connectivity index (χ0n) is 16.4. The van der Waals surface area contributed by atoms with Gasteiger partial charge in [0.1, 0.15) is 0 Å². The van der Waals surface area contributed by atoms with Crippen LogP contribution in [0.5, 0.6) is 0 Å². The van der Waals surface area contributed by atoms with Gasteiger partial charge in [-0.1, -0.05) is 36.4 Å². The number of carbonyl (C=O) groups excluding carboxylic acids is 2. The molecule has 0 spiro atoms. The molecular weight excluding hydrogens is 360 g/mol. The summed E-state index contributed by atoms with van der Waals surface area (Å²) in [6.07, 6.45) is 5.32. The Bertz CT molecular complexity index is 1100. The Hall–Kier alpha value is -3.14. The number of para-hydroxylation sites is 1. The Morgan fingerprint density at radius 1 is 0.759 bits per heavy atom. The number of nitrogens with one attached hydrogen (secondary N) is 1.